The lowest BCUT2D eigenvalue weighted by Crippen LogP contribution is -2.20. The average Bonchev–Trinajstić information content (AvgIpc) is 2.96. The van der Waals surface area contributed by atoms with Crippen LogP contribution in [0.1, 0.15) is 37.5 Å². The number of aryl methyl sites for hydroxylation is 2. The number of benzene rings is 1. The van der Waals surface area contributed by atoms with Gasteiger partial charge in [-0.2, -0.15) is 4.98 Å². The van der Waals surface area contributed by atoms with Gasteiger partial charge in [-0.05, 0) is 32.3 Å². The van der Waals surface area contributed by atoms with Crippen LogP contribution in [-0.4, -0.2) is 29.6 Å². The fourth-order valence-electron chi connectivity index (χ4n) is 2.25. The van der Waals surface area contributed by atoms with E-state index in [9.17, 15) is 0 Å². The van der Waals surface area contributed by atoms with Gasteiger partial charge in [0, 0.05) is 19.6 Å². The molecule has 0 radical (unpaired) electrons. The smallest absolute Gasteiger partial charge is 0.231 e. The molecule has 0 bridgehead atoms. The highest BCUT2D eigenvalue weighted by atomic mass is 16.7. The van der Waals surface area contributed by atoms with Gasteiger partial charge in [0.2, 0.25) is 5.89 Å². The lowest BCUT2D eigenvalue weighted by atomic mass is 10.1. The molecule has 0 saturated carbocycles. The first kappa shape index (κ1) is 16.6. The van der Waals surface area contributed by atoms with E-state index in [0.717, 1.165) is 25.1 Å². The van der Waals surface area contributed by atoms with Gasteiger partial charge in [0.25, 0.3) is 0 Å². The van der Waals surface area contributed by atoms with Crippen molar-refractivity contribution < 1.29 is 14.0 Å². The molecule has 5 heteroatoms. The first-order chi connectivity index (χ1) is 10.8. The summed E-state index contributed by atoms with van der Waals surface area (Å²) in [4.78, 5) is 4.41. The molecule has 1 aromatic carbocycles. The summed E-state index contributed by atoms with van der Waals surface area (Å²) < 4.78 is 16.2. The van der Waals surface area contributed by atoms with E-state index in [2.05, 4.69) is 34.4 Å². The van der Waals surface area contributed by atoms with E-state index in [1.54, 1.807) is 0 Å². The van der Waals surface area contributed by atoms with Crippen LogP contribution in [0.2, 0.25) is 0 Å². The molecule has 120 valence electrons. The van der Waals surface area contributed by atoms with Crippen LogP contribution in [0.3, 0.4) is 0 Å². The van der Waals surface area contributed by atoms with Crippen molar-refractivity contribution in [1.82, 2.24) is 10.1 Å². The second-order valence-corrected chi connectivity index (χ2v) is 4.99. The molecule has 1 aromatic heterocycles. The highest BCUT2D eigenvalue weighted by Crippen LogP contribution is 2.09. The van der Waals surface area contributed by atoms with Crippen LogP contribution in [-0.2, 0) is 28.7 Å². The summed E-state index contributed by atoms with van der Waals surface area (Å²) in [6.45, 7) is 5.08. The van der Waals surface area contributed by atoms with Crippen LogP contribution >= 0.6 is 0 Å². The molecule has 0 amide bonds. The lowest BCUT2D eigenvalue weighted by Gasteiger charge is -2.14. The maximum absolute atomic E-state index is 5.48. The van der Waals surface area contributed by atoms with Crippen molar-refractivity contribution in [1.29, 1.82) is 0 Å². The van der Waals surface area contributed by atoms with Gasteiger partial charge in [-0.15, -0.1) is 0 Å². The lowest BCUT2D eigenvalue weighted by molar-refractivity contribution is -0.137. The third-order valence-corrected chi connectivity index (χ3v) is 3.27. The standard InChI is InChI=1S/C17H24N2O3/c1-3-20-17(21-4-2)13-16-18-15(19-22-16)12-8-11-14-9-6-5-7-10-14/h5-7,9-10,17H,3-4,8,11-13H2,1-2H3. The molecule has 0 spiro atoms. The van der Waals surface area contributed by atoms with Crippen LogP contribution in [0.5, 0.6) is 0 Å². The van der Waals surface area contributed by atoms with Crippen molar-refractivity contribution in [3.8, 4) is 0 Å². The molecule has 0 fully saturated rings. The number of ether oxygens (including phenoxy) is 2. The first-order valence-corrected chi connectivity index (χ1v) is 7.90. The monoisotopic (exact) mass is 304 g/mol. The molecule has 2 aromatic rings. The van der Waals surface area contributed by atoms with E-state index in [1.165, 1.54) is 5.56 Å². The SMILES string of the molecule is CCOC(Cc1nc(CCCc2ccccc2)no1)OCC. The number of nitrogens with zero attached hydrogens (tertiary/aromatic N) is 2. The van der Waals surface area contributed by atoms with Crippen molar-refractivity contribution >= 4 is 0 Å². The maximum Gasteiger partial charge on any atom is 0.231 e. The first-order valence-electron chi connectivity index (χ1n) is 7.90. The fourth-order valence-corrected chi connectivity index (χ4v) is 2.25. The van der Waals surface area contributed by atoms with Gasteiger partial charge in [0.1, 0.15) is 0 Å². The Morgan fingerprint density at radius 2 is 1.77 bits per heavy atom. The second-order valence-electron chi connectivity index (χ2n) is 4.99. The van der Waals surface area contributed by atoms with E-state index >= 15 is 0 Å². The van der Waals surface area contributed by atoms with Crippen molar-refractivity contribution in [3.05, 3.63) is 47.6 Å². The molecule has 1 heterocycles. The Balaban J connectivity index is 1.78. The van der Waals surface area contributed by atoms with E-state index < -0.39 is 0 Å². The topological polar surface area (TPSA) is 57.4 Å². The predicted octanol–water partition coefficient (Wildman–Crippen LogP) is 3.19. The molecule has 0 saturated heterocycles. The molecule has 5 nitrogen and oxygen atoms in total. The van der Waals surface area contributed by atoms with Gasteiger partial charge in [0.05, 0.1) is 6.42 Å². The zero-order chi connectivity index (χ0) is 15.6. The maximum atomic E-state index is 5.48. The summed E-state index contributed by atoms with van der Waals surface area (Å²) in [5, 5.41) is 4.02. The van der Waals surface area contributed by atoms with Gasteiger partial charge in [0.15, 0.2) is 12.1 Å². The summed E-state index contributed by atoms with van der Waals surface area (Å²) in [6, 6.07) is 10.4. The Hall–Kier alpha value is -1.72. The molecule has 2 rings (SSSR count). The van der Waals surface area contributed by atoms with Gasteiger partial charge >= 0.3 is 0 Å². The minimum absolute atomic E-state index is 0.312. The fraction of sp³-hybridized carbons (Fsp3) is 0.529. The Morgan fingerprint density at radius 1 is 1.05 bits per heavy atom. The van der Waals surface area contributed by atoms with Crippen LogP contribution in [0.15, 0.2) is 34.9 Å². The molecular weight excluding hydrogens is 280 g/mol. The zero-order valence-electron chi connectivity index (χ0n) is 13.3. The molecule has 0 unspecified atom stereocenters. The van der Waals surface area contributed by atoms with Crippen LogP contribution in [0.25, 0.3) is 0 Å². The summed E-state index contributed by atoms with van der Waals surface area (Å²) in [5.74, 6) is 1.32. The normalized spacial score (nSPS) is 11.2. The third-order valence-electron chi connectivity index (χ3n) is 3.27. The summed E-state index contributed by atoms with van der Waals surface area (Å²) in [5.41, 5.74) is 1.33. The quantitative estimate of drug-likeness (QED) is 0.631. The van der Waals surface area contributed by atoms with Gasteiger partial charge in [-0.1, -0.05) is 35.5 Å². The summed E-state index contributed by atoms with van der Waals surface area (Å²) >= 11 is 0. The highest BCUT2D eigenvalue weighted by Gasteiger charge is 2.14. The number of rotatable bonds is 10. The van der Waals surface area contributed by atoms with E-state index in [1.807, 2.05) is 19.9 Å². The van der Waals surface area contributed by atoms with Crippen molar-refractivity contribution in [2.45, 2.75) is 45.8 Å². The van der Waals surface area contributed by atoms with Crippen LogP contribution in [0.4, 0.5) is 0 Å². The Morgan fingerprint density at radius 3 is 2.45 bits per heavy atom. The van der Waals surface area contributed by atoms with E-state index in [0.29, 0.717) is 25.5 Å². The highest BCUT2D eigenvalue weighted by molar-refractivity contribution is 5.14. The van der Waals surface area contributed by atoms with E-state index in [-0.39, 0.29) is 6.29 Å². The molecular formula is C17H24N2O3. The second kappa shape index (κ2) is 9.33. The minimum Gasteiger partial charge on any atom is -0.352 e. The average molecular weight is 304 g/mol. The zero-order valence-corrected chi connectivity index (χ0v) is 13.3. The molecule has 0 aliphatic rings. The third kappa shape index (κ3) is 5.58. The van der Waals surface area contributed by atoms with Crippen molar-refractivity contribution in [2.75, 3.05) is 13.2 Å². The predicted molar refractivity (Wildman–Crippen MR) is 83.5 cm³/mol. The van der Waals surface area contributed by atoms with Crippen LogP contribution < -0.4 is 0 Å². The minimum atomic E-state index is -0.312. The van der Waals surface area contributed by atoms with E-state index in [4.69, 9.17) is 14.0 Å². The summed E-state index contributed by atoms with van der Waals surface area (Å²) in [7, 11) is 0. The molecule has 0 atom stereocenters. The van der Waals surface area contributed by atoms with Gasteiger partial charge < -0.3 is 14.0 Å². The van der Waals surface area contributed by atoms with Crippen molar-refractivity contribution in [3.63, 3.8) is 0 Å². The summed E-state index contributed by atoms with van der Waals surface area (Å²) in [6.07, 6.45) is 3.02. The van der Waals surface area contributed by atoms with Gasteiger partial charge in [-0.25, -0.2) is 0 Å². The molecule has 0 N–H and O–H groups in total. The molecule has 0 aliphatic carbocycles. The van der Waals surface area contributed by atoms with Crippen molar-refractivity contribution in [2.24, 2.45) is 0 Å². The number of hydrogen-bond donors (Lipinski definition) is 0. The van der Waals surface area contributed by atoms with Crippen LogP contribution in [0, 0.1) is 0 Å². The molecule has 0 aliphatic heterocycles. The Labute approximate surface area is 131 Å². The Bertz CT molecular complexity index is 522. The Kier molecular flexibility index (Phi) is 7.06. The largest absolute Gasteiger partial charge is 0.352 e. The number of hydrogen-bond acceptors (Lipinski definition) is 5. The number of aromatic nitrogens is 2. The van der Waals surface area contributed by atoms with Gasteiger partial charge in [-0.3, -0.25) is 0 Å². The molecule has 22 heavy (non-hydrogen) atoms.